The number of amides is 2. The lowest BCUT2D eigenvalue weighted by Crippen LogP contribution is -2.44. The molecule has 0 spiro atoms. The van der Waals surface area contributed by atoms with Gasteiger partial charge < -0.3 is 10.2 Å². The molecule has 2 heterocycles. The van der Waals surface area contributed by atoms with E-state index in [1.54, 1.807) is 0 Å². The molecular formula is C17H28N4OS. The number of thioether (sulfide) groups is 1. The molecule has 2 aliphatic rings. The van der Waals surface area contributed by atoms with Crippen molar-refractivity contribution in [1.29, 1.82) is 0 Å². The Hall–Kier alpha value is -1.17. The zero-order chi connectivity index (χ0) is 16.4. The number of aromatic amines is 1. The molecule has 6 heteroatoms. The molecule has 5 nitrogen and oxygen atoms in total. The van der Waals surface area contributed by atoms with Crippen LogP contribution in [0.5, 0.6) is 0 Å². The van der Waals surface area contributed by atoms with Crippen molar-refractivity contribution in [1.82, 2.24) is 20.4 Å². The van der Waals surface area contributed by atoms with E-state index in [0.29, 0.717) is 6.04 Å². The fourth-order valence-electron chi connectivity index (χ4n) is 4.08. The first-order chi connectivity index (χ1) is 11.1. The van der Waals surface area contributed by atoms with Gasteiger partial charge in [0.2, 0.25) is 0 Å². The van der Waals surface area contributed by atoms with Gasteiger partial charge in [-0.15, -0.1) is 0 Å². The molecule has 1 aliphatic heterocycles. The van der Waals surface area contributed by atoms with E-state index in [1.807, 2.05) is 30.5 Å². The van der Waals surface area contributed by atoms with Gasteiger partial charge in [0.25, 0.3) is 0 Å². The minimum absolute atomic E-state index is 0.111. The second-order valence-corrected chi connectivity index (χ2v) is 8.31. The molecule has 0 aromatic carbocycles. The highest BCUT2D eigenvalue weighted by atomic mass is 32.2. The summed E-state index contributed by atoms with van der Waals surface area (Å²) in [5, 5.41) is 11.4. The molecule has 128 valence electrons. The van der Waals surface area contributed by atoms with E-state index in [1.165, 1.54) is 17.7 Å². The largest absolute Gasteiger partial charge is 0.335 e. The molecule has 1 saturated heterocycles. The van der Waals surface area contributed by atoms with Crippen LogP contribution in [0.1, 0.15) is 62.0 Å². The van der Waals surface area contributed by atoms with Crippen LogP contribution >= 0.6 is 11.8 Å². The summed E-state index contributed by atoms with van der Waals surface area (Å²) < 4.78 is 0. The van der Waals surface area contributed by atoms with Crippen molar-refractivity contribution in [2.24, 2.45) is 0 Å². The number of rotatable bonds is 4. The van der Waals surface area contributed by atoms with Crippen LogP contribution in [0.4, 0.5) is 4.79 Å². The third-order valence-corrected chi connectivity index (χ3v) is 6.38. The van der Waals surface area contributed by atoms with Gasteiger partial charge in [0.15, 0.2) is 0 Å². The number of aryl methyl sites for hydroxylation is 2. The third-order valence-electron chi connectivity index (χ3n) is 5.15. The molecule has 1 saturated carbocycles. The topological polar surface area (TPSA) is 61.0 Å². The van der Waals surface area contributed by atoms with Gasteiger partial charge in [-0.2, -0.15) is 16.9 Å². The molecule has 2 amide bonds. The van der Waals surface area contributed by atoms with E-state index in [9.17, 15) is 4.79 Å². The number of H-pyrrole nitrogens is 1. The number of carbonyl (C=O) groups excluding carboxylic acids is 1. The second kappa shape index (κ2) is 7.16. The average Bonchev–Trinajstić information content (AvgIpc) is 3.21. The summed E-state index contributed by atoms with van der Waals surface area (Å²) in [5.74, 6) is 1.17. The van der Waals surface area contributed by atoms with E-state index in [2.05, 4.69) is 22.4 Å². The van der Waals surface area contributed by atoms with Crippen LogP contribution < -0.4 is 5.32 Å². The summed E-state index contributed by atoms with van der Waals surface area (Å²) in [6, 6.07) is 0.634. The molecule has 23 heavy (non-hydrogen) atoms. The Morgan fingerprint density at radius 1 is 1.39 bits per heavy atom. The van der Waals surface area contributed by atoms with Gasteiger partial charge in [0.1, 0.15) is 0 Å². The summed E-state index contributed by atoms with van der Waals surface area (Å²) in [6.45, 7) is 7.13. The summed E-state index contributed by atoms with van der Waals surface area (Å²) in [7, 11) is 0. The van der Waals surface area contributed by atoms with Crippen LogP contribution in [0.15, 0.2) is 0 Å². The summed E-state index contributed by atoms with van der Waals surface area (Å²) >= 11 is 2.03. The van der Waals surface area contributed by atoms with Crippen molar-refractivity contribution in [3.05, 3.63) is 17.0 Å². The monoisotopic (exact) mass is 336 g/mol. The number of nitrogens with one attached hydrogen (secondary N) is 2. The molecule has 1 aromatic heterocycles. The highest BCUT2D eigenvalue weighted by Gasteiger charge is 2.35. The van der Waals surface area contributed by atoms with Gasteiger partial charge in [-0.05, 0) is 51.7 Å². The van der Waals surface area contributed by atoms with Crippen LogP contribution in [0.25, 0.3) is 0 Å². The predicted molar refractivity (Wildman–Crippen MR) is 94.8 cm³/mol. The molecule has 0 unspecified atom stereocenters. The SMILES string of the molecule is CCS[C@@H]1CC[C@H](NC(=O)N2CCC[C@H]2c2c(C)n[nH]c2C)C1. The average molecular weight is 337 g/mol. The van der Waals surface area contributed by atoms with Crippen molar-refractivity contribution in [2.75, 3.05) is 12.3 Å². The van der Waals surface area contributed by atoms with Crippen molar-refractivity contribution in [3.8, 4) is 0 Å². The van der Waals surface area contributed by atoms with Crippen LogP contribution in [-0.4, -0.2) is 44.7 Å². The van der Waals surface area contributed by atoms with Crippen LogP contribution in [0.2, 0.25) is 0 Å². The molecule has 3 rings (SSSR count). The number of aromatic nitrogens is 2. The van der Waals surface area contributed by atoms with E-state index in [0.717, 1.165) is 48.9 Å². The molecule has 2 fully saturated rings. The number of carbonyl (C=O) groups is 1. The van der Waals surface area contributed by atoms with Gasteiger partial charge in [-0.1, -0.05) is 6.92 Å². The molecule has 2 N–H and O–H groups in total. The lowest BCUT2D eigenvalue weighted by molar-refractivity contribution is 0.189. The van der Waals surface area contributed by atoms with E-state index < -0.39 is 0 Å². The molecular weight excluding hydrogens is 308 g/mol. The third kappa shape index (κ3) is 3.52. The molecule has 1 aromatic rings. The Labute approximate surface area is 143 Å². The van der Waals surface area contributed by atoms with Gasteiger partial charge in [-0.3, -0.25) is 5.10 Å². The molecule has 0 radical (unpaired) electrons. The number of hydrogen-bond donors (Lipinski definition) is 2. The first-order valence-electron chi connectivity index (χ1n) is 8.80. The lowest BCUT2D eigenvalue weighted by atomic mass is 10.0. The maximum Gasteiger partial charge on any atom is 0.318 e. The zero-order valence-electron chi connectivity index (χ0n) is 14.4. The highest BCUT2D eigenvalue weighted by Crippen LogP contribution is 2.35. The Kier molecular flexibility index (Phi) is 5.19. The predicted octanol–water partition coefficient (Wildman–Crippen LogP) is 3.55. The van der Waals surface area contributed by atoms with Crippen molar-refractivity contribution in [3.63, 3.8) is 0 Å². The Morgan fingerprint density at radius 2 is 2.22 bits per heavy atom. The number of nitrogens with zero attached hydrogens (tertiary/aromatic N) is 2. The summed E-state index contributed by atoms with van der Waals surface area (Å²) in [6.07, 6.45) is 5.57. The first kappa shape index (κ1) is 16.7. The van der Waals surface area contributed by atoms with E-state index >= 15 is 0 Å². The fourth-order valence-corrected chi connectivity index (χ4v) is 5.22. The summed E-state index contributed by atoms with van der Waals surface area (Å²) in [5.41, 5.74) is 3.32. The minimum atomic E-state index is 0.111. The molecule has 3 atom stereocenters. The Bertz CT molecular complexity index is 539. The normalized spacial score (nSPS) is 27.6. The minimum Gasteiger partial charge on any atom is -0.335 e. The standard InChI is InChI=1S/C17H28N4OS/c1-4-23-14-8-7-13(10-14)18-17(22)21-9-5-6-15(21)16-11(2)19-20-12(16)3/h13-15H,4-10H2,1-3H3,(H,18,22)(H,19,20)/t13-,14+,15-/m0/s1. The van der Waals surface area contributed by atoms with Crippen molar-refractivity contribution in [2.45, 2.75) is 70.2 Å². The Morgan fingerprint density at radius 3 is 2.91 bits per heavy atom. The van der Waals surface area contributed by atoms with E-state index in [-0.39, 0.29) is 12.1 Å². The van der Waals surface area contributed by atoms with Crippen LogP contribution in [0, 0.1) is 13.8 Å². The smallest absolute Gasteiger partial charge is 0.318 e. The number of urea groups is 1. The summed E-state index contributed by atoms with van der Waals surface area (Å²) in [4.78, 5) is 14.8. The maximum atomic E-state index is 12.8. The van der Waals surface area contributed by atoms with E-state index in [4.69, 9.17) is 0 Å². The van der Waals surface area contributed by atoms with Gasteiger partial charge in [-0.25, -0.2) is 4.79 Å². The number of hydrogen-bond acceptors (Lipinski definition) is 3. The number of likely N-dealkylation sites (tertiary alicyclic amines) is 1. The second-order valence-electron chi connectivity index (χ2n) is 6.74. The lowest BCUT2D eigenvalue weighted by Gasteiger charge is -2.27. The molecule has 0 bridgehead atoms. The highest BCUT2D eigenvalue weighted by molar-refractivity contribution is 7.99. The zero-order valence-corrected chi connectivity index (χ0v) is 15.2. The first-order valence-corrected chi connectivity index (χ1v) is 9.85. The maximum absolute atomic E-state index is 12.8. The van der Waals surface area contributed by atoms with Gasteiger partial charge in [0.05, 0.1) is 11.7 Å². The van der Waals surface area contributed by atoms with Gasteiger partial charge >= 0.3 is 6.03 Å². The van der Waals surface area contributed by atoms with Crippen LogP contribution in [0.3, 0.4) is 0 Å². The van der Waals surface area contributed by atoms with Gasteiger partial charge in [0, 0.05) is 29.1 Å². The molecule has 1 aliphatic carbocycles. The van der Waals surface area contributed by atoms with Crippen molar-refractivity contribution >= 4 is 17.8 Å². The van der Waals surface area contributed by atoms with Crippen molar-refractivity contribution < 1.29 is 4.79 Å². The van der Waals surface area contributed by atoms with Crippen LogP contribution in [-0.2, 0) is 0 Å². The fraction of sp³-hybridized carbons (Fsp3) is 0.765. The quantitative estimate of drug-likeness (QED) is 0.884. The Balaban J connectivity index is 1.63.